The molecule has 0 amide bonds. The fourth-order valence-electron chi connectivity index (χ4n) is 6.31. The summed E-state index contributed by atoms with van der Waals surface area (Å²) in [5.74, 6) is 0.978. The summed E-state index contributed by atoms with van der Waals surface area (Å²) in [4.78, 5) is 13.8. The standard InChI is InChI=1S/C37H28N4/c1-23(2)41-33-19-9-15-28(25-11-7-12-26(22-25)34-27-13-4-3-10-24(27)20-21-38-34)36(33)40-37(41)31-17-8-16-30-29-14-5-6-18-32(29)39-35(30)31/h3-23,39H,1-2H3. The van der Waals surface area contributed by atoms with Crippen molar-refractivity contribution in [3.05, 3.63) is 121 Å². The Morgan fingerprint density at radius 2 is 1.39 bits per heavy atom. The van der Waals surface area contributed by atoms with Crippen LogP contribution >= 0.6 is 0 Å². The number of rotatable bonds is 4. The lowest BCUT2D eigenvalue weighted by Crippen LogP contribution is -2.03. The molecular formula is C37H28N4. The Bertz CT molecular complexity index is 2240. The number of H-pyrrole nitrogens is 1. The van der Waals surface area contributed by atoms with E-state index >= 15 is 0 Å². The van der Waals surface area contributed by atoms with Crippen LogP contribution in [0.4, 0.5) is 0 Å². The van der Waals surface area contributed by atoms with Crippen LogP contribution in [0, 0.1) is 0 Å². The van der Waals surface area contributed by atoms with Crippen molar-refractivity contribution in [1.82, 2.24) is 19.5 Å². The largest absolute Gasteiger partial charge is 0.354 e. The van der Waals surface area contributed by atoms with Crippen LogP contribution in [0.1, 0.15) is 19.9 Å². The number of nitrogens with one attached hydrogen (secondary N) is 1. The minimum atomic E-state index is 0.233. The number of nitrogens with zero attached hydrogens (tertiary/aromatic N) is 3. The number of para-hydroxylation sites is 3. The predicted molar refractivity (Wildman–Crippen MR) is 171 cm³/mol. The Morgan fingerprint density at radius 3 is 2.29 bits per heavy atom. The Hall–Kier alpha value is -5.22. The van der Waals surface area contributed by atoms with Gasteiger partial charge in [-0.2, -0.15) is 0 Å². The summed E-state index contributed by atoms with van der Waals surface area (Å²) >= 11 is 0. The van der Waals surface area contributed by atoms with Crippen molar-refractivity contribution in [2.24, 2.45) is 0 Å². The minimum absolute atomic E-state index is 0.233. The van der Waals surface area contributed by atoms with Crippen molar-refractivity contribution in [2.75, 3.05) is 0 Å². The lowest BCUT2D eigenvalue weighted by Gasteiger charge is -2.14. The van der Waals surface area contributed by atoms with Gasteiger partial charge in [0.25, 0.3) is 0 Å². The lowest BCUT2D eigenvalue weighted by molar-refractivity contribution is 0.624. The minimum Gasteiger partial charge on any atom is -0.354 e. The van der Waals surface area contributed by atoms with E-state index in [0.29, 0.717) is 0 Å². The number of aromatic nitrogens is 4. The highest BCUT2D eigenvalue weighted by atomic mass is 15.1. The number of hydrogen-bond donors (Lipinski definition) is 1. The van der Waals surface area contributed by atoms with E-state index in [1.54, 1.807) is 0 Å². The molecule has 0 radical (unpaired) electrons. The molecule has 8 aromatic rings. The van der Waals surface area contributed by atoms with Crippen LogP contribution in [0.2, 0.25) is 0 Å². The summed E-state index contributed by atoms with van der Waals surface area (Å²) in [5, 5.41) is 4.80. The van der Waals surface area contributed by atoms with Crippen molar-refractivity contribution in [3.8, 4) is 33.8 Å². The van der Waals surface area contributed by atoms with Crippen LogP contribution in [-0.2, 0) is 0 Å². The molecule has 3 aromatic heterocycles. The third-order valence-corrected chi connectivity index (χ3v) is 8.14. The summed E-state index contributed by atoms with van der Waals surface area (Å²) < 4.78 is 2.37. The first-order valence-electron chi connectivity index (χ1n) is 14.1. The zero-order chi connectivity index (χ0) is 27.5. The molecule has 4 heteroatoms. The average Bonchev–Trinajstić information content (AvgIpc) is 3.60. The second kappa shape index (κ2) is 9.17. The maximum Gasteiger partial charge on any atom is 0.143 e. The normalized spacial score (nSPS) is 11.9. The molecule has 0 fully saturated rings. The van der Waals surface area contributed by atoms with Gasteiger partial charge in [0.2, 0.25) is 0 Å². The third-order valence-electron chi connectivity index (χ3n) is 8.14. The van der Waals surface area contributed by atoms with E-state index in [9.17, 15) is 0 Å². The Balaban J connectivity index is 1.35. The van der Waals surface area contributed by atoms with E-state index in [1.165, 1.54) is 16.2 Å². The first kappa shape index (κ1) is 23.6. The summed E-state index contributed by atoms with van der Waals surface area (Å²) in [6.07, 6.45) is 1.90. The van der Waals surface area contributed by atoms with E-state index < -0.39 is 0 Å². The van der Waals surface area contributed by atoms with Crippen LogP contribution in [0.25, 0.3) is 77.4 Å². The number of pyridine rings is 1. The molecule has 0 aliphatic heterocycles. The van der Waals surface area contributed by atoms with Gasteiger partial charge in [-0.25, -0.2) is 4.98 Å². The highest BCUT2D eigenvalue weighted by Crippen LogP contribution is 2.39. The molecule has 3 heterocycles. The van der Waals surface area contributed by atoms with Crippen LogP contribution < -0.4 is 0 Å². The van der Waals surface area contributed by atoms with Gasteiger partial charge in [-0.1, -0.05) is 84.9 Å². The van der Waals surface area contributed by atoms with Crippen molar-refractivity contribution >= 4 is 43.6 Å². The van der Waals surface area contributed by atoms with Gasteiger partial charge in [-0.15, -0.1) is 0 Å². The first-order chi connectivity index (χ1) is 20.2. The molecule has 0 atom stereocenters. The molecule has 0 aliphatic rings. The molecule has 0 aliphatic carbocycles. The van der Waals surface area contributed by atoms with Crippen LogP contribution in [0.5, 0.6) is 0 Å². The summed E-state index contributed by atoms with van der Waals surface area (Å²) in [6, 6.07) is 41.0. The highest BCUT2D eigenvalue weighted by Gasteiger charge is 2.21. The van der Waals surface area contributed by atoms with Gasteiger partial charge in [0.15, 0.2) is 0 Å². The van der Waals surface area contributed by atoms with Gasteiger partial charge in [-0.05, 0) is 55.1 Å². The molecule has 8 rings (SSSR count). The molecule has 0 saturated carbocycles. The van der Waals surface area contributed by atoms with Gasteiger partial charge in [-0.3, -0.25) is 4.98 Å². The Kier molecular flexibility index (Phi) is 5.29. The third kappa shape index (κ3) is 3.68. The molecule has 0 spiro atoms. The quantitative estimate of drug-likeness (QED) is 0.247. The van der Waals surface area contributed by atoms with Gasteiger partial charge < -0.3 is 9.55 Å². The fourth-order valence-corrected chi connectivity index (χ4v) is 6.31. The maximum absolute atomic E-state index is 5.38. The zero-order valence-electron chi connectivity index (χ0n) is 23.0. The second-order valence-electron chi connectivity index (χ2n) is 10.9. The number of hydrogen-bond acceptors (Lipinski definition) is 2. The summed E-state index contributed by atoms with van der Waals surface area (Å²) in [6.45, 7) is 4.46. The molecule has 41 heavy (non-hydrogen) atoms. The molecule has 5 aromatic carbocycles. The number of aromatic amines is 1. The van der Waals surface area contributed by atoms with Gasteiger partial charge in [0, 0.05) is 50.6 Å². The Labute approximate surface area is 237 Å². The van der Waals surface area contributed by atoms with Crippen molar-refractivity contribution in [1.29, 1.82) is 0 Å². The molecule has 196 valence electrons. The van der Waals surface area contributed by atoms with Gasteiger partial charge in [0.1, 0.15) is 5.82 Å². The SMILES string of the molecule is CC(C)n1c(-c2cccc3c2[nH]c2ccccc23)nc2c(-c3cccc(-c4nccc5ccccc45)c3)cccc21. The van der Waals surface area contributed by atoms with Crippen LogP contribution in [0.3, 0.4) is 0 Å². The highest BCUT2D eigenvalue weighted by molar-refractivity contribution is 6.12. The lowest BCUT2D eigenvalue weighted by atomic mass is 9.98. The van der Waals surface area contributed by atoms with E-state index in [2.05, 4.69) is 139 Å². The topological polar surface area (TPSA) is 46.5 Å². The van der Waals surface area contributed by atoms with Crippen LogP contribution in [0.15, 0.2) is 121 Å². The molecule has 4 nitrogen and oxygen atoms in total. The number of imidazole rings is 1. The molecule has 1 N–H and O–H groups in total. The van der Waals surface area contributed by atoms with Crippen molar-refractivity contribution in [3.63, 3.8) is 0 Å². The zero-order valence-corrected chi connectivity index (χ0v) is 23.0. The van der Waals surface area contributed by atoms with E-state index in [4.69, 9.17) is 9.97 Å². The number of fused-ring (bicyclic) bond motifs is 5. The molecule has 0 saturated heterocycles. The fraction of sp³-hybridized carbons (Fsp3) is 0.0811. The summed E-state index contributed by atoms with van der Waals surface area (Å²) in [7, 11) is 0. The monoisotopic (exact) mass is 528 g/mol. The maximum atomic E-state index is 5.38. The van der Waals surface area contributed by atoms with E-state index in [0.717, 1.165) is 61.2 Å². The number of benzene rings is 5. The molecule has 0 bridgehead atoms. The van der Waals surface area contributed by atoms with Gasteiger partial charge >= 0.3 is 0 Å². The van der Waals surface area contributed by atoms with Crippen LogP contribution in [-0.4, -0.2) is 19.5 Å². The predicted octanol–water partition coefficient (Wildman–Crippen LogP) is 9.80. The molecular weight excluding hydrogens is 500 g/mol. The van der Waals surface area contributed by atoms with Crippen molar-refractivity contribution < 1.29 is 0 Å². The average molecular weight is 529 g/mol. The Morgan fingerprint density at radius 1 is 0.659 bits per heavy atom. The smallest absolute Gasteiger partial charge is 0.143 e. The second-order valence-corrected chi connectivity index (χ2v) is 10.9. The van der Waals surface area contributed by atoms with E-state index in [-0.39, 0.29) is 6.04 Å². The molecule has 0 unspecified atom stereocenters. The van der Waals surface area contributed by atoms with Crippen molar-refractivity contribution in [2.45, 2.75) is 19.9 Å². The van der Waals surface area contributed by atoms with Gasteiger partial charge in [0.05, 0.1) is 22.2 Å². The van der Waals surface area contributed by atoms with E-state index in [1.807, 2.05) is 6.20 Å². The first-order valence-corrected chi connectivity index (χ1v) is 14.1. The summed E-state index contributed by atoms with van der Waals surface area (Å²) in [5.41, 5.74) is 9.86.